The number of allylic oxidation sites excluding steroid dienone is 4. The van der Waals surface area contributed by atoms with E-state index in [9.17, 15) is 9.59 Å². The molecular weight excluding hydrogens is 152 g/mol. The predicted octanol–water partition coefficient (Wildman–Crippen LogP) is 1.81. The van der Waals surface area contributed by atoms with Crippen molar-refractivity contribution in [1.29, 1.82) is 0 Å². The average molecular weight is 164 g/mol. The Morgan fingerprint density at radius 1 is 1.42 bits per heavy atom. The van der Waals surface area contributed by atoms with E-state index in [-0.39, 0.29) is 11.6 Å². The van der Waals surface area contributed by atoms with Crippen LogP contribution in [0.2, 0.25) is 0 Å². The number of Topliss-reactive ketones (excluding diaryl/α,β-unsaturated/α-hetero) is 1. The van der Waals surface area contributed by atoms with Gasteiger partial charge in [0, 0.05) is 6.42 Å². The molecule has 0 aromatic heterocycles. The first-order valence-electron chi connectivity index (χ1n) is 4.17. The Balaban J connectivity index is 2.70. The quantitative estimate of drug-likeness (QED) is 0.583. The van der Waals surface area contributed by atoms with Crippen LogP contribution in [-0.4, -0.2) is 11.6 Å². The predicted molar refractivity (Wildman–Crippen MR) is 46.8 cm³/mol. The molecular formula is C10H12O2. The third-order valence-corrected chi connectivity index (χ3v) is 1.81. The van der Waals surface area contributed by atoms with Crippen molar-refractivity contribution < 1.29 is 9.59 Å². The summed E-state index contributed by atoms with van der Waals surface area (Å²) >= 11 is 0. The van der Waals surface area contributed by atoms with Crippen molar-refractivity contribution in [2.45, 2.75) is 26.2 Å². The summed E-state index contributed by atoms with van der Waals surface area (Å²) < 4.78 is 0. The molecule has 0 atom stereocenters. The van der Waals surface area contributed by atoms with E-state index in [4.69, 9.17) is 0 Å². The molecule has 2 nitrogen and oxygen atoms in total. The molecule has 0 N–H and O–H groups in total. The van der Waals surface area contributed by atoms with Crippen molar-refractivity contribution in [3.05, 3.63) is 23.8 Å². The second-order valence-corrected chi connectivity index (χ2v) is 2.90. The molecule has 0 fully saturated rings. The molecule has 0 unspecified atom stereocenters. The van der Waals surface area contributed by atoms with Gasteiger partial charge >= 0.3 is 0 Å². The number of hydrogen-bond acceptors (Lipinski definition) is 2. The highest BCUT2D eigenvalue weighted by atomic mass is 16.2. The van der Waals surface area contributed by atoms with Crippen LogP contribution < -0.4 is 0 Å². The smallest absolute Gasteiger partial charge is 0.221 e. The lowest BCUT2D eigenvalue weighted by atomic mass is 10.0. The number of carbonyl (C=O) groups is 2. The van der Waals surface area contributed by atoms with Gasteiger partial charge in [-0.3, -0.25) is 9.59 Å². The summed E-state index contributed by atoms with van der Waals surface area (Å²) in [6.45, 7) is 2.06. The van der Waals surface area contributed by atoms with Crippen LogP contribution in [0.5, 0.6) is 0 Å². The first-order valence-corrected chi connectivity index (χ1v) is 4.17. The summed E-state index contributed by atoms with van der Waals surface area (Å²) in [5.74, 6) is -0.666. The van der Waals surface area contributed by atoms with Crippen molar-refractivity contribution in [3.8, 4) is 0 Å². The number of rotatable bonds is 2. The van der Waals surface area contributed by atoms with Gasteiger partial charge < -0.3 is 0 Å². The normalized spacial score (nSPS) is 17.6. The van der Waals surface area contributed by atoms with Crippen molar-refractivity contribution in [3.63, 3.8) is 0 Å². The first kappa shape index (κ1) is 8.91. The Labute approximate surface area is 72.0 Å². The van der Waals surface area contributed by atoms with Gasteiger partial charge in [-0.05, 0) is 12.5 Å². The van der Waals surface area contributed by atoms with Gasteiger partial charge in [0.1, 0.15) is 0 Å². The van der Waals surface area contributed by atoms with Crippen molar-refractivity contribution in [2.24, 2.45) is 0 Å². The van der Waals surface area contributed by atoms with Gasteiger partial charge in [-0.25, -0.2) is 0 Å². The van der Waals surface area contributed by atoms with Gasteiger partial charge in [0.05, 0.1) is 0 Å². The van der Waals surface area contributed by atoms with Crippen LogP contribution in [0.25, 0.3) is 0 Å². The lowest BCUT2D eigenvalue weighted by molar-refractivity contribution is -0.133. The average Bonchev–Trinajstić information content (AvgIpc) is 2.16. The van der Waals surface area contributed by atoms with Crippen molar-refractivity contribution in [1.82, 2.24) is 0 Å². The van der Waals surface area contributed by atoms with Gasteiger partial charge in [0.25, 0.3) is 0 Å². The summed E-state index contributed by atoms with van der Waals surface area (Å²) in [6, 6.07) is 0. The van der Waals surface area contributed by atoms with Crippen LogP contribution in [0, 0.1) is 0 Å². The van der Waals surface area contributed by atoms with Gasteiger partial charge in [-0.1, -0.05) is 31.1 Å². The third-order valence-electron chi connectivity index (χ3n) is 1.81. The maximum Gasteiger partial charge on any atom is 0.221 e. The molecule has 0 aromatic carbocycles. The van der Waals surface area contributed by atoms with Crippen molar-refractivity contribution in [2.75, 3.05) is 0 Å². The zero-order valence-electron chi connectivity index (χ0n) is 7.17. The number of hydrogen-bond donors (Lipinski definition) is 0. The molecule has 2 heteroatoms. The minimum absolute atomic E-state index is 0.288. The molecule has 0 aliphatic heterocycles. The number of carbonyl (C=O) groups excluding carboxylic acids is 2. The Bertz CT molecular complexity index is 259. The third kappa shape index (κ3) is 2.16. The maximum atomic E-state index is 11.1. The van der Waals surface area contributed by atoms with E-state index in [2.05, 4.69) is 6.92 Å². The molecule has 1 rings (SSSR count). The summed E-state index contributed by atoms with van der Waals surface area (Å²) in [6.07, 6.45) is 7.10. The molecule has 0 radical (unpaired) electrons. The minimum atomic E-state index is -0.377. The zero-order valence-corrected chi connectivity index (χ0v) is 7.17. The fraction of sp³-hybridized carbons (Fsp3) is 0.400. The van der Waals surface area contributed by atoms with Gasteiger partial charge in [0.2, 0.25) is 11.6 Å². The van der Waals surface area contributed by atoms with Gasteiger partial charge in [0.15, 0.2) is 0 Å². The Hall–Kier alpha value is -1.18. The van der Waals surface area contributed by atoms with Crippen LogP contribution in [0.3, 0.4) is 0 Å². The van der Waals surface area contributed by atoms with Gasteiger partial charge in [-0.15, -0.1) is 0 Å². The molecule has 1 aliphatic carbocycles. The van der Waals surface area contributed by atoms with Crippen LogP contribution in [0.4, 0.5) is 0 Å². The van der Waals surface area contributed by atoms with Crippen LogP contribution in [0.15, 0.2) is 23.8 Å². The molecule has 64 valence electrons. The fourth-order valence-corrected chi connectivity index (χ4v) is 1.21. The molecule has 0 saturated heterocycles. The first-order chi connectivity index (χ1) is 5.74. The summed E-state index contributed by atoms with van der Waals surface area (Å²) in [5, 5.41) is 0. The molecule has 0 amide bonds. The van der Waals surface area contributed by atoms with E-state index in [1.165, 1.54) is 6.08 Å². The van der Waals surface area contributed by atoms with Crippen LogP contribution in [-0.2, 0) is 9.59 Å². The van der Waals surface area contributed by atoms with E-state index >= 15 is 0 Å². The standard InChI is InChI=1S/C10H12O2/c1-2-4-8-5-3-6-9(11)10(12)7-8/h3,5-6H,2,4,7H2,1H3. The van der Waals surface area contributed by atoms with E-state index in [1.54, 1.807) is 6.08 Å². The summed E-state index contributed by atoms with van der Waals surface area (Å²) in [7, 11) is 0. The molecule has 0 spiro atoms. The van der Waals surface area contributed by atoms with E-state index in [0.29, 0.717) is 6.42 Å². The molecule has 12 heavy (non-hydrogen) atoms. The Kier molecular flexibility index (Phi) is 2.97. The summed E-state index contributed by atoms with van der Waals surface area (Å²) in [5.41, 5.74) is 1.06. The monoisotopic (exact) mass is 164 g/mol. The second-order valence-electron chi connectivity index (χ2n) is 2.90. The van der Waals surface area contributed by atoms with Crippen LogP contribution >= 0.6 is 0 Å². The Morgan fingerprint density at radius 3 is 2.83 bits per heavy atom. The molecule has 1 aliphatic rings. The highest BCUT2D eigenvalue weighted by Crippen LogP contribution is 2.13. The largest absolute Gasteiger partial charge is 0.290 e. The second kappa shape index (κ2) is 4.00. The Morgan fingerprint density at radius 2 is 2.17 bits per heavy atom. The maximum absolute atomic E-state index is 11.1. The molecule has 0 bridgehead atoms. The summed E-state index contributed by atoms with van der Waals surface area (Å²) in [4.78, 5) is 22.0. The van der Waals surface area contributed by atoms with E-state index < -0.39 is 0 Å². The molecule has 0 heterocycles. The SMILES string of the molecule is CCCC1=CC=CC(=O)C(=O)C1. The van der Waals surface area contributed by atoms with Crippen molar-refractivity contribution >= 4 is 11.6 Å². The van der Waals surface area contributed by atoms with Gasteiger partial charge in [-0.2, -0.15) is 0 Å². The lowest BCUT2D eigenvalue weighted by Gasteiger charge is -1.99. The molecule has 0 aromatic rings. The van der Waals surface area contributed by atoms with E-state index in [1.807, 2.05) is 6.08 Å². The van der Waals surface area contributed by atoms with Crippen LogP contribution in [0.1, 0.15) is 26.2 Å². The topological polar surface area (TPSA) is 34.1 Å². The highest BCUT2D eigenvalue weighted by Gasteiger charge is 2.13. The zero-order chi connectivity index (χ0) is 8.97. The highest BCUT2D eigenvalue weighted by molar-refractivity contribution is 6.42. The lowest BCUT2D eigenvalue weighted by Crippen LogP contribution is -2.09. The molecule has 0 saturated carbocycles. The fourth-order valence-electron chi connectivity index (χ4n) is 1.21. The minimum Gasteiger partial charge on any atom is -0.290 e. The van der Waals surface area contributed by atoms with E-state index in [0.717, 1.165) is 18.4 Å². The number of ketones is 2.